The fraction of sp³-hybridized carbons (Fsp3) is 0.250. The van der Waals surface area contributed by atoms with Crippen molar-refractivity contribution in [3.05, 3.63) is 59.1 Å². The number of hydrogen-bond donors (Lipinski definition) is 1. The molecule has 1 aromatic heterocycles. The predicted octanol–water partition coefficient (Wildman–Crippen LogP) is 4.47. The van der Waals surface area contributed by atoms with Crippen LogP contribution >= 0.6 is 27.7 Å². The number of amides is 1. The lowest BCUT2D eigenvalue weighted by Gasteiger charge is -2.14. The van der Waals surface area contributed by atoms with Crippen LogP contribution in [0.2, 0.25) is 0 Å². The first-order chi connectivity index (χ1) is 13.6. The second-order valence-electron chi connectivity index (χ2n) is 6.07. The highest BCUT2D eigenvalue weighted by atomic mass is 79.9. The maximum Gasteiger partial charge on any atom is 0.237 e. The van der Waals surface area contributed by atoms with Crippen LogP contribution < -0.4 is 5.32 Å². The van der Waals surface area contributed by atoms with Crippen molar-refractivity contribution in [3.8, 4) is 11.4 Å². The second kappa shape index (κ2) is 9.86. The summed E-state index contributed by atoms with van der Waals surface area (Å²) < 4.78 is 8.19. The molecule has 3 aromatic rings. The van der Waals surface area contributed by atoms with Crippen molar-refractivity contribution in [3.63, 3.8) is 0 Å². The summed E-state index contributed by atoms with van der Waals surface area (Å²) in [6.45, 7) is 3.00. The lowest BCUT2D eigenvalue weighted by Crippen LogP contribution is -2.23. The zero-order valence-corrected chi connectivity index (χ0v) is 18.0. The van der Waals surface area contributed by atoms with Crippen LogP contribution in [0, 0.1) is 0 Å². The average Bonchev–Trinajstić information content (AvgIpc) is 3.11. The smallest absolute Gasteiger partial charge is 0.237 e. The van der Waals surface area contributed by atoms with Gasteiger partial charge in [-0.1, -0.05) is 58.0 Å². The predicted molar refractivity (Wildman–Crippen MR) is 115 cm³/mol. The molecule has 1 atom stereocenters. The second-order valence-corrected chi connectivity index (χ2v) is 8.30. The Morgan fingerprint density at radius 2 is 1.89 bits per heavy atom. The van der Waals surface area contributed by atoms with Gasteiger partial charge in [0.1, 0.15) is 0 Å². The molecule has 28 heavy (non-hydrogen) atoms. The van der Waals surface area contributed by atoms with Crippen LogP contribution in [0.3, 0.4) is 0 Å². The van der Waals surface area contributed by atoms with Gasteiger partial charge in [-0.05, 0) is 31.2 Å². The zero-order valence-electron chi connectivity index (χ0n) is 15.6. The molecule has 0 radical (unpaired) electrons. The van der Waals surface area contributed by atoms with E-state index in [1.807, 2.05) is 66.1 Å². The lowest BCUT2D eigenvalue weighted by atomic mass is 10.2. The SMILES string of the molecule is COCCn1c(SC(C)C(=O)Nc2ccc(Br)cc2)nnc1-c1ccccc1. The van der Waals surface area contributed by atoms with Crippen LogP contribution in [0.15, 0.2) is 64.2 Å². The number of carbonyl (C=O) groups excluding carboxylic acids is 1. The molecule has 0 saturated heterocycles. The van der Waals surface area contributed by atoms with Crippen molar-refractivity contribution in [2.24, 2.45) is 0 Å². The molecule has 1 unspecified atom stereocenters. The Morgan fingerprint density at radius 1 is 1.18 bits per heavy atom. The molecule has 3 rings (SSSR count). The molecule has 2 aromatic carbocycles. The Morgan fingerprint density at radius 3 is 2.57 bits per heavy atom. The van der Waals surface area contributed by atoms with Gasteiger partial charge in [0.05, 0.1) is 18.4 Å². The molecule has 0 aliphatic carbocycles. The van der Waals surface area contributed by atoms with E-state index >= 15 is 0 Å². The zero-order chi connectivity index (χ0) is 19.9. The van der Waals surface area contributed by atoms with Crippen molar-refractivity contribution in [2.45, 2.75) is 23.9 Å². The van der Waals surface area contributed by atoms with Gasteiger partial charge in [-0.3, -0.25) is 9.36 Å². The first-order valence-corrected chi connectivity index (χ1v) is 10.5. The minimum absolute atomic E-state index is 0.0881. The molecule has 0 aliphatic heterocycles. The third-order valence-electron chi connectivity index (χ3n) is 4.03. The summed E-state index contributed by atoms with van der Waals surface area (Å²) in [5, 5.41) is 11.9. The summed E-state index contributed by atoms with van der Waals surface area (Å²) >= 11 is 4.77. The number of carbonyl (C=O) groups is 1. The fourth-order valence-electron chi connectivity index (χ4n) is 2.55. The van der Waals surface area contributed by atoms with Crippen molar-refractivity contribution in [1.82, 2.24) is 14.8 Å². The Kier molecular flexibility index (Phi) is 7.24. The molecule has 0 saturated carbocycles. The normalized spacial score (nSPS) is 12.0. The van der Waals surface area contributed by atoms with Gasteiger partial charge in [-0.15, -0.1) is 10.2 Å². The highest BCUT2D eigenvalue weighted by molar-refractivity contribution is 9.10. The van der Waals surface area contributed by atoms with Crippen LogP contribution in [-0.2, 0) is 16.1 Å². The number of halogens is 1. The number of rotatable bonds is 8. The molecule has 1 N–H and O–H groups in total. The van der Waals surface area contributed by atoms with Gasteiger partial charge in [0, 0.05) is 22.8 Å². The molecule has 8 heteroatoms. The van der Waals surface area contributed by atoms with E-state index in [9.17, 15) is 4.79 Å². The van der Waals surface area contributed by atoms with Gasteiger partial charge in [0.15, 0.2) is 11.0 Å². The largest absolute Gasteiger partial charge is 0.383 e. The maximum atomic E-state index is 12.6. The number of aromatic nitrogens is 3. The van der Waals surface area contributed by atoms with Crippen molar-refractivity contribution < 1.29 is 9.53 Å². The van der Waals surface area contributed by atoms with Crippen LogP contribution in [0.25, 0.3) is 11.4 Å². The summed E-state index contributed by atoms with van der Waals surface area (Å²) in [7, 11) is 1.66. The maximum absolute atomic E-state index is 12.6. The fourth-order valence-corrected chi connectivity index (χ4v) is 3.69. The Labute approximate surface area is 176 Å². The molecule has 1 amide bonds. The average molecular weight is 461 g/mol. The molecule has 0 fully saturated rings. The molecule has 146 valence electrons. The molecule has 0 bridgehead atoms. The molecule has 1 heterocycles. The van der Waals surface area contributed by atoms with Crippen LogP contribution in [0.4, 0.5) is 5.69 Å². The summed E-state index contributed by atoms with van der Waals surface area (Å²) in [5.41, 5.74) is 1.73. The first-order valence-electron chi connectivity index (χ1n) is 8.79. The Balaban J connectivity index is 1.75. The minimum atomic E-state index is -0.335. The van der Waals surface area contributed by atoms with Gasteiger partial charge in [-0.2, -0.15) is 0 Å². The molecule has 0 aliphatic rings. The number of methoxy groups -OCH3 is 1. The third kappa shape index (κ3) is 5.21. The standard InChI is InChI=1S/C20H21BrN4O2S/c1-14(19(26)22-17-10-8-16(21)9-11-17)28-20-24-23-18(25(20)12-13-27-2)15-6-4-3-5-7-15/h3-11,14H,12-13H2,1-2H3,(H,22,26). The number of nitrogens with one attached hydrogen (secondary N) is 1. The topological polar surface area (TPSA) is 69.0 Å². The van der Waals surface area contributed by atoms with Crippen molar-refractivity contribution >= 4 is 39.3 Å². The first kappa shape index (κ1) is 20.6. The number of hydrogen-bond acceptors (Lipinski definition) is 5. The van der Waals surface area contributed by atoms with E-state index in [0.717, 1.165) is 21.5 Å². The molecule has 0 spiro atoms. The summed E-state index contributed by atoms with van der Waals surface area (Å²) in [4.78, 5) is 12.6. The van der Waals surface area contributed by atoms with Gasteiger partial charge in [0.2, 0.25) is 5.91 Å². The summed E-state index contributed by atoms with van der Waals surface area (Å²) in [5.74, 6) is 0.676. The van der Waals surface area contributed by atoms with E-state index in [-0.39, 0.29) is 11.2 Å². The van der Waals surface area contributed by atoms with Crippen LogP contribution in [0.5, 0.6) is 0 Å². The number of nitrogens with zero attached hydrogens (tertiary/aromatic N) is 3. The number of thioether (sulfide) groups is 1. The summed E-state index contributed by atoms with van der Waals surface area (Å²) in [6, 6.07) is 17.4. The van der Waals surface area contributed by atoms with E-state index in [4.69, 9.17) is 4.74 Å². The Hall–Kier alpha value is -2.16. The van der Waals surface area contributed by atoms with E-state index < -0.39 is 0 Å². The number of benzene rings is 2. The van der Waals surface area contributed by atoms with Gasteiger partial charge < -0.3 is 10.1 Å². The lowest BCUT2D eigenvalue weighted by molar-refractivity contribution is -0.115. The van der Waals surface area contributed by atoms with E-state index in [2.05, 4.69) is 31.4 Å². The third-order valence-corrected chi connectivity index (χ3v) is 5.64. The van der Waals surface area contributed by atoms with E-state index in [1.54, 1.807) is 7.11 Å². The minimum Gasteiger partial charge on any atom is -0.383 e. The van der Waals surface area contributed by atoms with E-state index in [0.29, 0.717) is 18.3 Å². The highest BCUT2D eigenvalue weighted by Gasteiger charge is 2.21. The van der Waals surface area contributed by atoms with Gasteiger partial charge in [-0.25, -0.2) is 0 Å². The monoisotopic (exact) mass is 460 g/mol. The quantitative estimate of drug-likeness (QED) is 0.502. The van der Waals surface area contributed by atoms with Crippen molar-refractivity contribution in [2.75, 3.05) is 19.0 Å². The Bertz CT molecular complexity index is 916. The molecular formula is C20H21BrN4O2S. The summed E-state index contributed by atoms with van der Waals surface area (Å²) in [6.07, 6.45) is 0. The van der Waals surface area contributed by atoms with Crippen LogP contribution in [-0.4, -0.2) is 39.6 Å². The molecular weight excluding hydrogens is 440 g/mol. The molecule has 6 nitrogen and oxygen atoms in total. The van der Waals surface area contributed by atoms with Gasteiger partial charge >= 0.3 is 0 Å². The number of ether oxygens (including phenoxy) is 1. The van der Waals surface area contributed by atoms with Crippen LogP contribution in [0.1, 0.15) is 6.92 Å². The van der Waals surface area contributed by atoms with Gasteiger partial charge in [0.25, 0.3) is 0 Å². The van der Waals surface area contributed by atoms with Crippen molar-refractivity contribution in [1.29, 1.82) is 0 Å². The van der Waals surface area contributed by atoms with E-state index in [1.165, 1.54) is 11.8 Å². The number of anilines is 1. The highest BCUT2D eigenvalue weighted by Crippen LogP contribution is 2.27.